The molecule has 1 atom stereocenters. The summed E-state index contributed by atoms with van der Waals surface area (Å²) in [5.41, 5.74) is 2.08. The van der Waals surface area contributed by atoms with Gasteiger partial charge >= 0.3 is 5.97 Å². The minimum Gasteiger partial charge on any atom is -0.478 e. The maximum absolute atomic E-state index is 12.9. The smallest absolute Gasteiger partial charge is 0.335 e. The summed E-state index contributed by atoms with van der Waals surface area (Å²) in [4.78, 5) is 40.5. The van der Waals surface area contributed by atoms with Crippen LogP contribution in [0.5, 0.6) is 0 Å². The van der Waals surface area contributed by atoms with Gasteiger partial charge in [-0.05, 0) is 73.1 Å². The van der Waals surface area contributed by atoms with Crippen LogP contribution in [0.4, 0.5) is 5.69 Å². The van der Waals surface area contributed by atoms with Crippen LogP contribution in [0.25, 0.3) is 11.8 Å². The van der Waals surface area contributed by atoms with Crippen molar-refractivity contribution >= 4 is 41.1 Å². The lowest BCUT2D eigenvalue weighted by Gasteiger charge is -2.24. The molecule has 0 saturated carbocycles. The molecule has 0 aliphatic heterocycles. The first kappa shape index (κ1) is 29.3. The Morgan fingerprint density at radius 2 is 1.85 bits per heavy atom. The number of halogens is 1. The average molecular weight is 555 g/mol. The molecule has 0 spiro atoms. The number of nitrogens with zero attached hydrogens (tertiary/aromatic N) is 6. The largest absolute Gasteiger partial charge is 0.478 e. The van der Waals surface area contributed by atoms with Crippen molar-refractivity contribution in [1.29, 1.82) is 0 Å². The van der Waals surface area contributed by atoms with Crippen molar-refractivity contribution in [3.05, 3.63) is 71.0 Å². The molecule has 0 aliphatic rings. The van der Waals surface area contributed by atoms with Crippen molar-refractivity contribution in [2.45, 2.75) is 12.5 Å². The fourth-order valence-corrected chi connectivity index (χ4v) is 3.72. The van der Waals surface area contributed by atoms with E-state index in [0.29, 0.717) is 35.1 Å². The van der Waals surface area contributed by atoms with Crippen molar-refractivity contribution in [1.82, 2.24) is 35.3 Å². The Balaban J connectivity index is 1.72. The van der Waals surface area contributed by atoms with Crippen LogP contribution in [0.2, 0.25) is 5.02 Å². The number of hydrogen-bond acceptors (Lipinski definition) is 8. The number of amides is 2. The van der Waals surface area contributed by atoms with Crippen LogP contribution in [0, 0.1) is 0 Å². The van der Waals surface area contributed by atoms with E-state index in [1.54, 1.807) is 48.4 Å². The van der Waals surface area contributed by atoms with Crippen molar-refractivity contribution in [2.75, 3.05) is 46.1 Å². The van der Waals surface area contributed by atoms with E-state index in [1.807, 2.05) is 19.0 Å². The lowest BCUT2D eigenvalue weighted by molar-refractivity contribution is -0.130. The van der Waals surface area contributed by atoms with Crippen molar-refractivity contribution in [3.8, 4) is 5.69 Å². The van der Waals surface area contributed by atoms with Gasteiger partial charge in [0, 0.05) is 55.5 Å². The second-order valence-corrected chi connectivity index (χ2v) is 9.52. The summed E-state index contributed by atoms with van der Waals surface area (Å²) in [6.07, 6.45) is 4.45. The lowest BCUT2D eigenvalue weighted by Crippen LogP contribution is -2.44. The number of benzene rings is 2. The molecule has 0 fully saturated rings. The van der Waals surface area contributed by atoms with E-state index in [4.69, 9.17) is 16.7 Å². The van der Waals surface area contributed by atoms with Crippen LogP contribution in [-0.4, -0.2) is 99.7 Å². The number of hydrogen-bond donors (Lipinski definition) is 3. The Morgan fingerprint density at radius 3 is 2.49 bits per heavy atom. The van der Waals surface area contributed by atoms with E-state index in [0.717, 1.165) is 0 Å². The highest BCUT2D eigenvalue weighted by atomic mass is 35.5. The quantitative estimate of drug-likeness (QED) is 0.270. The van der Waals surface area contributed by atoms with E-state index >= 15 is 0 Å². The van der Waals surface area contributed by atoms with E-state index in [2.05, 4.69) is 26.2 Å². The number of aromatic carboxylic acids is 1. The van der Waals surface area contributed by atoms with E-state index in [-0.39, 0.29) is 24.4 Å². The van der Waals surface area contributed by atoms with Gasteiger partial charge in [0.15, 0.2) is 0 Å². The van der Waals surface area contributed by atoms with Crippen LogP contribution >= 0.6 is 11.6 Å². The first-order chi connectivity index (χ1) is 18.6. The lowest BCUT2D eigenvalue weighted by atomic mass is 10.1. The molecule has 0 unspecified atom stereocenters. The molecule has 12 nitrogen and oxygen atoms in total. The number of rotatable bonds is 13. The summed E-state index contributed by atoms with van der Waals surface area (Å²) < 4.78 is 1.46. The third-order valence-corrected chi connectivity index (χ3v) is 5.99. The molecular weight excluding hydrogens is 524 g/mol. The van der Waals surface area contributed by atoms with Gasteiger partial charge in [-0.15, -0.1) is 5.10 Å². The fraction of sp³-hybridized carbons (Fsp3) is 0.308. The monoisotopic (exact) mass is 554 g/mol. The van der Waals surface area contributed by atoms with Crippen LogP contribution < -0.4 is 10.6 Å². The molecule has 13 heteroatoms. The Hall–Kier alpha value is -4.29. The number of carboxylic acid groups (broad SMARTS) is 1. The zero-order chi connectivity index (χ0) is 28.4. The number of carbonyl (C=O) groups is 3. The standard InChI is InChI=1S/C26H31ClN8O4/c1-33(2)12-13-34(3)25(37)15-22(16-28-21-8-4-18(5-9-21)26(38)39)30-24(36)11-6-19-14-20(27)7-10-23(19)35-17-29-31-32-35/h4-11,14,17,22,28H,12-13,15-16H2,1-3H3,(H,30,36)(H,38,39)/b11-6+/t22-/m0/s1. The number of carbonyl (C=O) groups excluding carboxylic acids is 2. The van der Waals surface area contributed by atoms with Crippen molar-refractivity contribution in [2.24, 2.45) is 0 Å². The summed E-state index contributed by atoms with van der Waals surface area (Å²) in [7, 11) is 5.58. The zero-order valence-electron chi connectivity index (χ0n) is 21.9. The molecule has 1 heterocycles. The Labute approximate surface area is 231 Å². The average Bonchev–Trinajstić information content (AvgIpc) is 3.44. The predicted molar refractivity (Wildman–Crippen MR) is 148 cm³/mol. The summed E-state index contributed by atoms with van der Waals surface area (Å²) >= 11 is 6.16. The molecule has 39 heavy (non-hydrogen) atoms. The number of tetrazole rings is 1. The molecule has 3 N–H and O–H groups in total. The third kappa shape index (κ3) is 9.20. The summed E-state index contributed by atoms with van der Waals surface area (Å²) in [6.45, 7) is 1.50. The van der Waals surface area contributed by atoms with Crippen LogP contribution in [-0.2, 0) is 9.59 Å². The number of anilines is 1. The molecular formula is C26H31ClN8O4. The highest BCUT2D eigenvalue weighted by molar-refractivity contribution is 6.30. The van der Waals surface area contributed by atoms with E-state index in [9.17, 15) is 14.4 Å². The minimum atomic E-state index is -1.02. The first-order valence-electron chi connectivity index (χ1n) is 12.1. The molecule has 0 bridgehead atoms. The van der Waals surface area contributed by atoms with Gasteiger partial charge in [-0.2, -0.15) is 4.68 Å². The third-order valence-electron chi connectivity index (χ3n) is 5.76. The van der Waals surface area contributed by atoms with Gasteiger partial charge in [0.2, 0.25) is 11.8 Å². The number of likely N-dealkylation sites (N-methyl/N-ethyl adjacent to an activating group) is 2. The normalized spacial score (nSPS) is 11.9. The van der Waals surface area contributed by atoms with E-state index in [1.165, 1.54) is 29.2 Å². The predicted octanol–water partition coefficient (Wildman–Crippen LogP) is 2.03. The van der Waals surface area contributed by atoms with Crippen molar-refractivity contribution in [3.63, 3.8) is 0 Å². The SMILES string of the molecule is CN(C)CCN(C)C(=O)C[C@@H](CNc1ccc(C(=O)O)cc1)NC(=O)/C=C/c1cc(Cl)ccc1-n1cnnn1. The highest BCUT2D eigenvalue weighted by Gasteiger charge is 2.19. The van der Waals surface area contributed by atoms with Gasteiger partial charge in [0.05, 0.1) is 17.3 Å². The second kappa shape index (κ2) is 14.0. The van der Waals surface area contributed by atoms with Crippen LogP contribution in [0.3, 0.4) is 0 Å². The zero-order valence-corrected chi connectivity index (χ0v) is 22.7. The van der Waals surface area contributed by atoms with Gasteiger partial charge in [0.25, 0.3) is 0 Å². The van der Waals surface area contributed by atoms with Gasteiger partial charge in [-0.1, -0.05) is 11.6 Å². The van der Waals surface area contributed by atoms with Gasteiger partial charge in [-0.25, -0.2) is 4.79 Å². The Morgan fingerprint density at radius 1 is 1.10 bits per heavy atom. The van der Waals surface area contributed by atoms with Gasteiger partial charge in [-0.3, -0.25) is 9.59 Å². The molecule has 0 radical (unpaired) electrons. The summed E-state index contributed by atoms with van der Waals surface area (Å²) in [5, 5.41) is 26.8. The molecule has 0 saturated heterocycles. The topological polar surface area (TPSA) is 146 Å². The molecule has 3 aromatic rings. The van der Waals surface area contributed by atoms with Crippen LogP contribution in [0.15, 0.2) is 54.9 Å². The molecule has 1 aromatic heterocycles. The molecule has 2 amide bonds. The summed E-state index contributed by atoms with van der Waals surface area (Å²) in [6, 6.07) is 10.8. The number of aromatic nitrogens is 4. The molecule has 0 aliphatic carbocycles. The fourth-order valence-electron chi connectivity index (χ4n) is 3.54. The first-order valence-corrected chi connectivity index (χ1v) is 12.5. The van der Waals surface area contributed by atoms with Crippen molar-refractivity contribution < 1.29 is 19.5 Å². The second-order valence-electron chi connectivity index (χ2n) is 9.08. The molecule has 3 rings (SSSR count). The molecule has 2 aromatic carbocycles. The Bertz CT molecular complexity index is 1300. The van der Waals surface area contributed by atoms with Crippen LogP contribution in [0.1, 0.15) is 22.3 Å². The highest BCUT2D eigenvalue weighted by Crippen LogP contribution is 2.20. The van der Waals surface area contributed by atoms with E-state index < -0.39 is 17.9 Å². The minimum absolute atomic E-state index is 0.0662. The Kier molecular flexibility index (Phi) is 10.5. The van der Waals surface area contributed by atoms with Gasteiger partial charge in [0.1, 0.15) is 6.33 Å². The number of nitrogens with one attached hydrogen (secondary N) is 2. The number of carboxylic acids is 1. The maximum Gasteiger partial charge on any atom is 0.335 e. The van der Waals surface area contributed by atoms with Gasteiger partial charge < -0.3 is 25.5 Å². The molecule has 206 valence electrons. The summed E-state index contributed by atoms with van der Waals surface area (Å²) in [5.74, 6) is -1.55. The maximum atomic E-state index is 12.9.